The van der Waals surface area contributed by atoms with E-state index in [4.69, 9.17) is 4.74 Å². The molecule has 24 heavy (non-hydrogen) atoms. The van der Waals surface area contributed by atoms with Crippen LogP contribution >= 0.6 is 0 Å². The van der Waals surface area contributed by atoms with Crippen LogP contribution in [0.15, 0.2) is 24.3 Å². The van der Waals surface area contributed by atoms with Crippen LogP contribution in [0, 0.1) is 20.8 Å². The molecule has 2 aromatic rings. The predicted octanol–water partition coefficient (Wildman–Crippen LogP) is 3.64. The number of methoxy groups -OCH3 is 1. The lowest BCUT2D eigenvalue weighted by Gasteiger charge is -2.27. The fraction of sp³-hybridized carbons (Fsp3) is 0.381. The molecule has 126 valence electrons. The van der Waals surface area contributed by atoms with E-state index >= 15 is 0 Å². The molecule has 1 heterocycles. The van der Waals surface area contributed by atoms with Crippen molar-refractivity contribution < 1.29 is 9.53 Å². The van der Waals surface area contributed by atoms with Gasteiger partial charge in [-0.05, 0) is 72.7 Å². The van der Waals surface area contributed by atoms with Gasteiger partial charge >= 0.3 is 5.97 Å². The monoisotopic (exact) mass is 323 g/mol. The van der Waals surface area contributed by atoms with E-state index in [1.165, 1.54) is 46.1 Å². The molecule has 0 fully saturated rings. The molecule has 0 aromatic heterocycles. The number of fused-ring (bicyclic) bond motifs is 1. The van der Waals surface area contributed by atoms with Gasteiger partial charge in [-0.1, -0.05) is 29.8 Å². The molecule has 0 aliphatic carbocycles. The van der Waals surface area contributed by atoms with Gasteiger partial charge in [0.2, 0.25) is 0 Å². The van der Waals surface area contributed by atoms with Crippen LogP contribution in [0.2, 0.25) is 0 Å². The fourth-order valence-electron chi connectivity index (χ4n) is 3.75. The summed E-state index contributed by atoms with van der Waals surface area (Å²) >= 11 is 0. The summed E-state index contributed by atoms with van der Waals surface area (Å²) in [6.07, 6.45) is 1.36. The van der Waals surface area contributed by atoms with E-state index in [1.807, 2.05) is 0 Å². The molecule has 1 aliphatic rings. The third kappa shape index (κ3) is 2.96. The molecular weight excluding hydrogens is 298 g/mol. The average Bonchev–Trinajstić information content (AvgIpc) is 2.60. The highest BCUT2D eigenvalue weighted by atomic mass is 16.5. The van der Waals surface area contributed by atoms with Crippen molar-refractivity contribution in [3.05, 3.63) is 57.6 Å². The Hall–Kier alpha value is -2.13. The summed E-state index contributed by atoms with van der Waals surface area (Å²) < 4.78 is 4.95. The van der Waals surface area contributed by atoms with E-state index in [2.05, 4.69) is 50.4 Å². The SMILES string of the molecule is COC(=O)Cc1c(C)c2c(c(C)c1-c1ccc(C)cc1)CCNC2. The van der Waals surface area contributed by atoms with Crippen molar-refractivity contribution in [1.82, 2.24) is 5.32 Å². The zero-order chi connectivity index (χ0) is 17.3. The molecule has 3 heteroatoms. The van der Waals surface area contributed by atoms with Gasteiger partial charge in [-0.2, -0.15) is 0 Å². The minimum Gasteiger partial charge on any atom is -0.469 e. The van der Waals surface area contributed by atoms with Gasteiger partial charge in [0.25, 0.3) is 0 Å². The molecule has 1 aliphatic heterocycles. The Morgan fingerprint density at radius 1 is 1.08 bits per heavy atom. The number of rotatable bonds is 3. The molecule has 3 nitrogen and oxygen atoms in total. The molecule has 1 N–H and O–H groups in total. The number of nitrogens with one attached hydrogen (secondary N) is 1. The number of aryl methyl sites for hydroxylation is 1. The van der Waals surface area contributed by atoms with Gasteiger partial charge in [0.1, 0.15) is 0 Å². The molecule has 0 spiro atoms. The van der Waals surface area contributed by atoms with Crippen LogP contribution < -0.4 is 5.32 Å². The van der Waals surface area contributed by atoms with Gasteiger partial charge in [-0.25, -0.2) is 0 Å². The van der Waals surface area contributed by atoms with Crippen LogP contribution in [0.5, 0.6) is 0 Å². The van der Waals surface area contributed by atoms with Crippen LogP contribution in [0.4, 0.5) is 0 Å². The zero-order valence-corrected chi connectivity index (χ0v) is 15.0. The van der Waals surface area contributed by atoms with Gasteiger partial charge in [-0.15, -0.1) is 0 Å². The van der Waals surface area contributed by atoms with Crippen molar-refractivity contribution in [2.24, 2.45) is 0 Å². The first kappa shape index (κ1) is 16.7. The fourth-order valence-corrected chi connectivity index (χ4v) is 3.75. The van der Waals surface area contributed by atoms with Crippen LogP contribution in [-0.2, 0) is 28.9 Å². The third-order valence-electron chi connectivity index (χ3n) is 5.14. The number of esters is 1. The molecule has 2 aromatic carbocycles. The highest BCUT2D eigenvalue weighted by Gasteiger charge is 2.23. The summed E-state index contributed by atoms with van der Waals surface area (Å²) in [5, 5.41) is 3.45. The molecule has 3 rings (SSSR count). The summed E-state index contributed by atoms with van der Waals surface area (Å²) in [5.74, 6) is -0.186. The van der Waals surface area contributed by atoms with E-state index in [9.17, 15) is 4.79 Å². The lowest BCUT2D eigenvalue weighted by Crippen LogP contribution is -2.26. The van der Waals surface area contributed by atoms with Gasteiger partial charge < -0.3 is 10.1 Å². The average molecular weight is 323 g/mol. The molecule has 0 radical (unpaired) electrons. The Morgan fingerprint density at radius 2 is 1.79 bits per heavy atom. The zero-order valence-electron chi connectivity index (χ0n) is 15.0. The Labute approximate surface area is 144 Å². The summed E-state index contributed by atoms with van der Waals surface area (Å²) in [4.78, 5) is 12.0. The van der Waals surface area contributed by atoms with Gasteiger partial charge in [-0.3, -0.25) is 4.79 Å². The molecule has 0 bridgehead atoms. The van der Waals surface area contributed by atoms with E-state index in [0.29, 0.717) is 6.42 Å². The largest absolute Gasteiger partial charge is 0.469 e. The van der Waals surface area contributed by atoms with Gasteiger partial charge in [0.15, 0.2) is 0 Å². The van der Waals surface area contributed by atoms with E-state index < -0.39 is 0 Å². The first-order chi connectivity index (χ1) is 11.5. The van der Waals surface area contributed by atoms with Crippen LogP contribution in [-0.4, -0.2) is 19.6 Å². The maximum Gasteiger partial charge on any atom is 0.310 e. The highest BCUT2D eigenvalue weighted by molar-refractivity contribution is 5.82. The van der Waals surface area contributed by atoms with Crippen molar-refractivity contribution in [1.29, 1.82) is 0 Å². The molecule has 0 saturated heterocycles. The summed E-state index contributed by atoms with van der Waals surface area (Å²) in [6.45, 7) is 8.32. The number of carbonyl (C=O) groups excluding carboxylic acids is 1. The third-order valence-corrected chi connectivity index (χ3v) is 5.14. The maximum absolute atomic E-state index is 12.0. The number of ether oxygens (including phenoxy) is 1. The topological polar surface area (TPSA) is 38.3 Å². The van der Waals surface area contributed by atoms with E-state index in [0.717, 1.165) is 25.1 Å². The number of carbonyl (C=O) groups is 1. The minimum atomic E-state index is -0.186. The van der Waals surface area contributed by atoms with Crippen molar-refractivity contribution in [3.63, 3.8) is 0 Å². The second-order valence-electron chi connectivity index (χ2n) is 6.61. The summed E-state index contributed by atoms with van der Waals surface area (Å²) in [6, 6.07) is 8.58. The smallest absolute Gasteiger partial charge is 0.310 e. The Balaban J connectivity index is 2.25. The van der Waals surface area contributed by atoms with Crippen LogP contribution in [0.3, 0.4) is 0 Å². The first-order valence-corrected chi connectivity index (χ1v) is 8.51. The number of hydrogen-bond donors (Lipinski definition) is 1. The van der Waals surface area contributed by atoms with Crippen molar-refractivity contribution in [3.8, 4) is 11.1 Å². The lowest BCUT2D eigenvalue weighted by atomic mass is 9.81. The summed E-state index contributed by atoms with van der Waals surface area (Å²) in [5.41, 5.74) is 10.1. The highest BCUT2D eigenvalue weighted by Crippen LogP contribution is 2.37. The van der Waals surface area contributed by atoms with Crippen molar-refractivity contribution >= 4 is 5.97 Å². The molecule has 0 atom stereocenters. The van der Waals surface area contributed by atoms with Crippen LogP contribution in [0.25, 0.3) is 11.1 Å². The van der Waals surface area contributed by atoms with Crippen molar-refractivity contribution in [2.75, 3.05) is 13.7 Å². The maximum atomic E-state index is 12.0. The minimum absolute atomic E-state index is 0.186. The summed E-state index contributed by atoms with van der Waals surface area (Å²) in [7, 11) is 1.45. The van der Waals surface area contributed by atoms with Crippen molar-refractivity contribution in [2.45, 2.75) is 40.2 Å². The molecule has 0 saturated carbocycles. The second kappa shape index (κ2) is 6.78. The quantitative estimate of drug-likeness (QED) is 0.877. The standard InChI is InChI=1S/C21H25NO2/c1-13-5-7-16(8-6-13)21-15(3)17-9-10-22-12-19(17)14(2)18(21)11-20(23)24-4/h5-8,22H,9-12H2,1-4H3. The number of hydrogen-bond acceptors (Lipinski definition) is 3. The molecule has 0 amide bonds. The van der Waals surface area contributed by atoms with Gasteiger partial charge in [0, 0.05) is 6.54 Å². The van der Waals surface area contributed by atoms with Gasteiger partial charge in [0.05, 0.1) is 13.5 Å². The molecule has 0 unspecified atom stereocenters. The second-order valence-corrected chi connectivity index (χ2v) is 6.61. The molecular formula is C21H25NO2. The lowest BCUT2D eigenvalue weighted by molar-refractivity contribution is -0.139. The van der Waals surface area contributed by atoms with Crippen LogP contribution in [0.1, 0.15) is 33.4 Å². The first-order valence-electron chi connectivity index (χ1n) is 8.51. The van der Waals surface area contributed by atoms with E-state index in [-0.39, 0.29) is 5.97 Å². The normalized spacial score (nSPS) is 13.5. The Kier molecular flexibility index (Phi) is 4.72. The number of benzene rings is 2. The van der Waals surface area contributed by atoms with E-state index in [1.54, 1.807) is 0 Å². The predicted molar refractivity (Wildman–Crippen MR) is 97.2 cm³/mol. The Morgan fingerprint density at radius 3 is 2.46 bits per heavy atom. The Bertz CT molecular complexity index is 776.